The predicted molar refractivity (Wildman–Crippen MR) is 61.6 cm³/mol. The summed E-state index contributed by atoms with van der Waals surface area (Å²) in [7, 11) is 0. The lowest BCUT2D eigenvalue weighted by atomic mass is 10.1. The van der Waals surface area contributed by atoms with Gasteiger partial charge in [-0.15, -0.1) is 0 Å². The highest BCUT2D eigenvalue weighted by Crippen LogP contribution is 2.10. The van der Waals surface area contributed by atoms with E-state index < -0.39 is 0 Å². The molecule has 16 heavy (non-hydrogen) atoms. The van der Waals surface area contributed by atoms with Crippen molar-refractivity contribution in [2.75, 3.05) is 39.6 Å². The molecule has 0 radical (unpaired) electrons. The van der Waals surface area contributed by atoms with E-state index in [0.717, 1.165) is 65.3 Å². The molecular formula is C12H23NO3. The van der Waals surface area contributed by atoms with E-state index in [1.807, 2.05) is 0 Å². The fraction of sp³-hybridized carbons (Fsp3) is 1.00. The Morgan fingerprint density at radius 2 is 1.56 bits per heavy atom. The summed E-state index contributed by atoms with van der Waals surface area (Å²) >= 11 is 0. The van der Waals surface area contributed by atoms with Gasteiger partial charge in [-0.3, -0.25) is 0 Å². The Morgan fingerprint density at radius 1 is 0.938 bits per heavy atom. The molecule has 2 aliphatic rings. The van der Waals surface area contributed by atoms with Crippen LogP contribution < -0.4 is 5.32 Å². The fourth-order valence-electron chi connectivity index (χ4n) is 2.23. The maximum atomic E-state index is 5.80. The minimum absolute atomic E-state index is 0.422. The van der Waals surface area contributed by atoms with Crippen LogP contribution >= 0.6 is 0 Å². The zero-order valence-electron chi connectivity index (χ0n) is 9.95. The first-order valence-electron chi connectivity index (χ1n) is 6.45. The highest BCUT2D eigenvalue weighted by Gasteiger charge is 2.15. The molecule has 0 aromatic carbocycles. The quantitative estimate of drug-likeness (QED) is 0.713. The van der Waals surface area contributed by atoms with Crippen LogP contribution in [0.5, 0.6) is 0 Å². The number of rotatable bonds is 5. The molecule has 0 aromatic rings. The van der Waals surface area contributed by atoms with Crippen molar-refractivity contribution in [1.29, 1.82) is 0 Å². The molecule has 1 N–H and O–H groups in total. The first-order chi connectivity index (χ1) is 7.95. The average molecular weight is 229 g/mol. The molecule has 0 bridgehead atoms. The Labute approximate surface area is 97.6 Å². The van der Waals surface area contributed by atoms with Gasteiger partial charge in [-0.2, -0.15) is 0 Å². The number of hydrogen-bond donors (Lipinski definition) is 1. The first kappa shape index (κ1) is 12.3. The van der Waals surface area contributed by atoms with Gasteiger partial charge in [0, 0.05) is 39.0 Å². The van der Waals surface area contributed by atoms with Crippen molar-refractivity contribution >= 4 is 0 Å². The number of ether oxygens (including phenoxy) is 3. The Morgan fingerprint density at radius 3 is 2.25 bits per heavy atom. The van der Waals surface area contributed by atoms with Crippen LogP contribution in [0.25, 0.3) is 0 Å². The molecule has 0 aromatic heterocycles. The summed E-state index contributed by atoms with van der Waals surface area (Å²) in [6, 6.07) is 0.632. The molecule has 0 amide bonds. The van der Waals surface area contributed by atoms with Gasteiger partial charge in [-0.25, -0.2) is 0 Å². The SMILES string of the molecule is C(COC1CCOCC1)NC1CCOCC1. The van der Waals surface area contributed by atoms with E-state index in [1.165, 1.54) is 0 Å². The Balaban J connectivity index is 1.47. The molecule has 0 atom stereocenters. The van der Waals surface area contributed by atoms with Crippen molar-refractivity contribution in [3.63, 3.8) is 0 Å². The lowest BCUT2D eigenvalue weighted by Gasteiger charge is -2.25. The molecule has 0 unspecified atom stereocenters. The highest BCUT2D eigenvalue weighted by molar-refractivity contribution is 4.70. The third-order valence-electron chi connectivity index (χ3n) is 3.28. The van der Waals surface area contributed by atoms with Gasteiger partial charge in [0.1, 0.15) is 0 Å². The third-order valence-corrected chi connectivity index (χ3v) is 3.28. The van der Waals surface area contributed by atoms with Crippen LogP contribution in [0.4, 0.5) is 0 Å². The van der Waals surface area contributed by atoms with Crippen molar-refractivity contribution in [2.45, 2.75) is 37.8 Å². The molecule has 2 rings (SSSR count). The van der Waals surface area contributed by atoms with Crippen LogP contribution in [-0.2, 0) is 14.2 Å². The van der Waals surface area contributed by atoms with E-state index in [9.17, 15) is 0 Å². The summed E-state index contributed by atoms with van der Waals surface area (Å²) in [5.41, 5.74) is 0. The molecule has 4 heteroatoms. The van der Waals surface area contributed by atoms with E-state index in [2.05, 4.69) is 5.32 Å². The van der Waals surface area contributed by atoms with Crippen molar-refractivity contribution in [2.24, 2.45) is 0 Å². The van der Waals surface area contributed by atoms with Gasteiger partial charge < -0.3 is 19.5 Å². The van der Waals surface area contributed by atoms with Crippen molar-refractivity contribution in [3.05, 3.63) is 0 Å². The van der Waals surface area contributed by atoms with E-state index in [4.69, 9.17) is 14.2 Å². The van der Waals surface area contributed by atoms with E-state index in [1.54, 1.807) is 0 Å². The van der Waals surface area contributed by atoms with E-state index >= 15 is 0 Å². The maximum absolute atomic E-state index is 5.80. The van der Waals surface area contributed by atoms with Crippen molar-refractivity contribution < 1.29 is 14.2 Å². The topological polar surface area (TPSA) is 39.7 Å². The number of nitrogens with one attached hydrogen (secondary N) is 1. The first-order valence-corrected chi connectivity index (χ1v) is 6.45. The van der Waals surface area contributed by atoms with Gasteiger partial charge >= 0.3 is 0 Å². The Kier molecular flexibility index (Phi) is 5.55. The standard InChI is InChI=1S/C12H23NO3/c1-6-14-7-2-11(1)13-5-10-16-12-3-8-15-9-4-12/h11-13H,1-10H2. The summed E-state index contributed by atoms with van der Waals surface area (Å²) in [5, 5.41) is 3.52. The molecular weight excluding hydrogens is 206 g/mol. The zero-order valence-corrected chi connectivity index (χ0v) is 9.95. The van der Waals surface area contributed by atoms with Gasteiger partial charge in [0.2, 0.25) is 0 Å². The Hall–Kier alpha value is -0.160. The largest absolute Gasteiger partial charge is 0.381 e. The smallest absolute Gasteiger partial charge is 0.0619 e. The van der Waals surface area contributed by atoms with Crippen LogP contribution in [0.3, 0.4) is 0 Å². The van der Waals surface area contributed by atoms with Crippen molar-refractivity contribution in [1.82, 2.24) is 5.32 Å². The van der Waals surface area contributed by atoms with Crippen LogP contribution in [0.2, 0.25) is 0 Å². The summed E-state index contributed by atoms with van der Waals surface area (Å²) in [6.07, 6.45) is 4.80. The maximum Gasteiger partial charge on any atom is 0.0619 e. The second-order valence-corrected chi connectivity index (χ2v) is 4.52. The van der Waals surface area contributed by atoms with Gasteiger partial charge in [0.25, 0.3) is 0 Å². The summed E-state index contributed by atoms with van der Waals surface area (Å²) in [4.78, 5) is 0. The molecule has 2 aliphatic heterocycles. The Bertz CT molecular complexity index is 157. The van der Waals surface area contributed by atoms with Crippen LogP contribution in [0.15, 0.2) is 0 Å². The van der Waals surface area contributed by atoms with Gasteiger partial charge in [0.15, 0.2) is 0 Å². The number of hydrogen-bond acceptors (Lipinski definition) is 4. The summed E-state index contributed by atoms with van der Waals surface area (Å²) in [5.74, 6) is 0. The van der Waals surface area contributed by atoms with Crippen molar-refractivity contribution in [3.8, 4) is 0 Å². The lowest BCUT2D eigenvalue weighted by molar-refractivity contribution is -0.0316. The minimum atomic E-state index is 0.422. The van der Waals surface area contributed by atoms with Gasteiger partial charge in [-0.05, 0) is 25.7 Å². The second-order valence-electron chi connectivity index (χ2n) is 4.52. The predicted octanol–water partition coefficient (Wildman–Crippen LogP) is 0.951. The molecule has 2 fully saturated rings. The molecule has 0 aliphatic carbocycles. The normalized spacial score (nSPS) is 24.8. The molecule has 0 spiro atoms. The van der Waals surface area contributed by atoms with Crippen LogP contribution in [0.1, 0.15) is 25.7 Å². The third kappa shape index (κ3) is 4.37. The summed E-state index contributed by atoms with van der Waals surface area (Å²) < 4.78 is 16.4. The molecule has 2 heterocycles. The van der Waals surface area contributed by atoms with E-state index in [0.29, 0.717) is 12.1 Å². The van der Waals surface area contributed by atoms with Gasteiger partial charge in [-0.1, -0.05) is 0 Å². The lowest BCUT2D eigenvalue weighted by Crippen LogP contribution is -2.37. The molecule has 94 valence electrons. The monoisotopic (exact) mass is 229 g/mol. The zero-order chi connectivity index (χ0) is 11.1. The van der Waals surface area contributed by atoms with Crippen LogP contribution in [0, 0.1) is 0 Å². The van der Waals surface area contributed by atoms with Gasteiger partial charge in [0.05, 0.1) is 12.7 Å². The van der Waals surface area contributed by atoms with E-state index in [-0.39, 0.29) is 0 Å². The summed E-state index contributed by atoms with van der Waals surface area (Å²) in [6.45, 7) is 5.30. The molecule has 2 saturated heterocycles. The minimum Gasteiger partial charge on any atom is -0.381 e. The molecule has 0 saturated carbocycles. The second kappa shape index (κ2) is 7.22. The fourth-order valence-corrected chi connectivity index (χ4v) is 2.23. The van der Waals surface area contributed by atoms with Crippen LogP contribution in [-0.4, -0.2) is 51.7 Å². The molecule has 4 nitrogen and oxygen atoms in total. The average Bonchev–Trinajstić information content (AvgIpc) is 2.37. The highest BCUT2D eigenvalue weighted by atomic mass is 16.5.